The molecule has 1 aromatic carbocycles. The molecule has 0 radical (unpaired) electrons. The minimum absolute atomic E-state index is 0.118. The lowest BCUT2D eigenvalue weighted by molar-refractivity contribution is -0.127. The van der Waals surface area contributed by atoms with Gasteiger partial charge >= 0.3 is 0 Å². The number of ether oxygens (including phenoxy) is 1. The molecule has 31 heavy (non-hydrogen) atoms. The molecular formula is C24H33N3O3S. The van der Waals surface area contributed by atoms with Gasteiger partial charge in [-0.05, 0) is 37.3 Å². The Balaban J connectivity index is 1.49. The lowest BCUT2D eigenvalue weighted by atomic mass is 9.94. The Morgan fingerprint density at radius 2 is 1.84 bits per heavy atom. The van der Waals surface area contributed by atoms with Crippen LogP contribution in [0, 0.1) is 0 Å². The van der Waals surface area contributed by atoms with Gasteiger partial charge in [0.15, 0.2) is 0 Å². The summed E-state index contributed by atoms with van der Waals surface area (Å²) in [6, 6.07) is 8.31. The predicted octanol–water partition coefficient (Wildman–Crippen LogP) is 3.42. The molecule has 0 spiro atoms. The summed E-state index contributed by atoms with van der Waals surface area (Å²) in [5, 5.41) is 1.18. The number of hydrogen-bond donors (Lipinski definition) is 0. The number of piperazine rings is 1. The van der Waals surface area contributed by atoms with Gasteiger partial charge in [0.25, 0.3) is 5.91 Å². The molecule has 168 valence electrons. The van der Waals surface area contributed by atoms with E-state index in [2.05, 4.69) is 30.9 Å². The molecule has 4 rings (SSSR count). The predicted molar refractivity (Wildman–Crippen MR) is 125 cm³/mol. The van der Waals surface area contributed by atoms with Crippen molar-refractivity contribution in [3.8, 4) is 0 Å². The lowest BCUT2D eigenvalue weighted by Gasteiger charge is -2.34. The van der Waals surface area contributed by atoms with Gasteiger partial charge in [0.05, 0.1) is 17.6 Å². The highest BCUT2D eigenvalue weighted by molar-refractivity contribution is 7.21. The number of fused-ring (bicyclic) bond motifs is 1. The van der Waals surface area contributed by atoms with Gasteiger partial charge in [-0.1, -0.05) is 18.2 Å². The Bertz CT molecular complexity index is 933. The first kappa shape index (κ1) is 22.2. The Labute approximate surface area is 188 Å². The van der Waals surface area contributed by atoms with Crippen LogP contribution >= 0.6 is 11.3 Å². The standard InChI is InChI=1S/C24H33N3O3S/c1-17(2)30-15-14-25-10-12-26(13-11-25)24(29)23-22(19-8-9-27(16-19)18(3)28)20-6-4-5-7-21(20)31-23/h4-7,17,19H,8-16H2,1-3H3/t19-/m0/s1. The van der Waals surface area contributed by atoms with Crippen molar-refractivity contribution in [1.29, 1.82) is 0 Å². The lowest BCUT2D eigenvalue weighted by Crippen LogP contribution is -2.49. The minimum atomic E-state index is 0.118. The van der Waals surface area contributed by atoms with Gasteiger partial charge in [-0.25, -0.2) is 0 Å². The molecule has 6 nitrogen and oxygen atoms in total. The molecule has 0 saturated carbocycles. The molecule has 2 aliphatic heterocycles. The normalized spacial score (nSPS) is 20.2. The van der Waals surface area contributed by atoms with Gasteiger partial charge in [-0.2, -0.15) is 0 Å². The Morgan fingerprint density at radius 1 is 1.10 bits per heavy atom. The molecule has 1 atom stereocenters. The molecule has 7 heteroatoms. The van der Waals surface area contributed by atoms with Crippen molar-refractivity contribution < 1.29 is 14.3 Å². The fourth-order valence-corrected chi connectivity index (χ4v) is 5.90. The number of carbonyl (C=O) groups is 2. The maximum Gasteiger partial charge on any atom is 0.264 e. The zero-order valence-electron chi connectivity index (χ0n) is 18.8. The molecule has 2 aliphatic rings. The van der Waals surface area contributed by atoms with Crippen molar-refractivity contribution in [1.82, 2.24) is 14.7 Å². The van der Waals surface area contributed by atoms with E-state index in [1.54, 1.807) is 18.3 Å². The van der Waals surface area contributed by atoms with Crippen LogP contribution in [0.4, 0.5) is 0 Å². The van der Waals surface area contributed by atoms with Crippen molar-refractivity contribution in [3.63, 3.8) is 0 Å². The number of likely N-dealkylation sites (tertiary alicyclic amines) is 1. The second-order valence-electron chi connectivity index (χ2n) is 8.85. The summed E-state index contributed by atoms with van der Waals surface area (Å²) in [4.78, 5) is 32.6. The first-order valence-corrected chi connectivity index (χ1v) is 12.2. The summed E-state index contributed by atoms with van der Waals surface area (Å²) in [6.07, 6.45) is 1.17. The quantitative estimate of drug-likeness (QED) is 0.687. The fraction of sp³-hybridized carbons (Fsp3) is 0.583. The maximum absolute atomic E-state index is 13.6. The van der Waals surface area contributed by atoms with Crippen LogP contribution < -0.4 is 0 Å². The summed E-state index contributed by atoms with van der Waals surface area (Å²) in [7, 11) is 0. The van der Waals surface area contributed by atoms with Gasteiger partial charge in [-0.3, -0.25) is 14.5 Å². The van der Waals surface area contributed by atoms with Gasteiger partial charge in [-0.15, -0.1) is 11.3 Å². The van der Waals surface area contributed by atoms with Crippen LogP contribution in [0.2, 0.25) is 0 Å². The first-order valence-electron chi connectivity index (χ1n) is 11.3. The Hall–Kier alpha value is -1.96. The van der Waals surface area contributed by atoms with Crippen LogP contribution in [0.1, 0.15) is 48.3 Å². The van der Waals surface area contributed by atoms with Crippen molar-refractivity contribution >= 4 is 33.2 Å². The molecule has 2 aromatic rings. The number of thiophene rings is 1. The van der Waals surface area contributed by atoms with E-state index in [9.17, 15) is 9.59 Å². The number of rotatable bonds is 6. The van der Waals surface area contributed by atoms with Crippen molar-refractivity contribution in [2.45, 2.75) is 39.2 Å². The van der Waals surface area contributed by atoms with Crippen LogP contribution in [0.25, 0.3) is 10.1 Å². The van der Waals surface area contributed by atoms with E-state index in [4.69, 9.17) is 4.74 Å². The molecule has 0 unspecified atom stereocenters. The highest BCUT2D eigenvalue weighted by Gasteiger charge is 2.33. The van der Waals surface area contributed by atoms with Gasteiger partial charge in [0.2, 0.25) is 5.91 Å². The summed E-state index contributed by atoms with van der Waals surface area (Å²) in [5.41, 5.74) is 1.15. The molecule has 2 amide bonds. The van der Waals surface area contributed by atoms with Crippen LogP contribution in [-0.2, 0) is 9.53 Å². The Kier molecular flexibility index (Phi) is 6.94. The second kappa shape index (κ2) is 9.67. The molecule has 0 aliphatic carbocycles. The third kappa shape index (κ3) is 4.94. The molecular weight excluding hydrogens is 410 g/mol. The van der Waals surface area contributed by atoms with E-state index < -0.39 is 0 Å². The summed E-state index contributed by atoms with van der Waals surface area (Å²) in [5.74, 6) is 0.497. The zero-order chi connectivity index (χ0) is 22.0. The van der Waals surface area contributed by atoms with Crippen LogP contribution in [0.5, 0.6) is 0 Å². The highest BCUT2D eigenvalue weighted by Crippen LogP contribution is 2.40. The number of hydrogen-bond acceptors (Lipinski definition) is 5. The van der Waals surface area contributed by atoms with Crippen molar-refractivity contribution in [3.05, 3.63) is 34.7 Å². The molecule has 2 saturated heterocycles. The van der Waals surface area contributed by atoms with E-state index in [0.717, 1.165) is 67.4 Å². The summed E-state index contributed by atoms with van der Waals surface area (Å²) < 4.78 is 6.83. The minimum Gasteiger partial charge on any atom is -0.377 e. The Morgan fingerprint density at radius 3 is 2.52 bits per heavy atom. The van der Waals surface area contributed by atoms with Gasteiger partial charge in [0, 0.05) is 63.4 Å². The SMILES string of the molecule is CC(=O)N1CC[C@H](c2c(C(=O)N3CCN(CCOC(C)C)CC3)sc3ccccc23)C1. The molecule has 2 fully saturated rings. The maximum atomic E-state index is 13.6. The van der Waals surface area contributed by atoms with E-state index in [1.807, 2.05) is 21.9 Å². The highest BCUT2D eigenvalue weighted by atomic mass is 32.1. The topological polar surface area (TPSA) is 53.1 Å². The third-order valence-electron chi connectivity index (χ3n) is 6.39. The molecule has 1 aromatic heterocycles. The summed E-state index contributed by atoms with van der Waals surface area (Å²) >= 11 is 1.61. The average Bonchev–Trinajstić information content (AvgIpc) is 3.38. The number of carbonyl (C=O) groups excluding carboxylic acids is 2. The van der Waals surface area contributed by atoms with Gasteiger partial charge < -0.3 is 14.5 Å². The van der Waals surface area contributed by atoms with Crippen LogP contribution in [-0.4, -0.2) is 85.0 Å². The molecule has 0 bridgehead atoms. The third-order valence-corrected chi connectivity index (χ3v) is 7.56. The molecule has 0 N–H and O–H groups in total. The average molecular weight is 444 g/mol. The summed E-state index contributed by atoms with van der Waals surface area (Å²) in [6.45, 7) is 12.1. The number of amides is 2. The van der Waals surface area contributed by atoms with Crippen molar-refractivity contribution in [2.24, 2.45) is 0 Å². The second-order valence-corrected chi connectivity index (χ2v) is 9.90. The molecule has 3 heterocycles. The first-order chi connectivity index (χ1) is 14.9. The van der Waals surface area contributed by atoms with E-state index in [0.29, 0.717) is 6.54 Å². The van der Waals surface area contributed by atoms with Gasteiger partial charge in [0.1, 0.15) is 0 Å². The van der Waals surface area contributed by atoms with E-state index in [1.165, 1.54) is 5.39 Å². The smallest absolute Gasteiger partial charge is 0.264 e. The van der Waals surface area contributed by atoms with Crippen LogP contribution in [0.3, 0.4) is 0 Å². The van der Waals surface area contributed by atoms with E-state index >= 15 is 0 Å². The number of nitrogens with zero attached hydrogens (tertiary/aromatic N) is 3. The van der Waals surface area contributed by atoms with Crippen molar-refractivity contribution in [2.75, 3.05) is 52.4 Å². The van der Waals surface area contributed by atoms with E-state index in [-0.39, 0.29) is 23.8 Å². The fourth-order valence-electron chi connectivity index (χ4n) is 4.65. The number of benzene rings is 1. The monoisotopic (exact) mass is 443 g/mol. The van der Waals surface area contributed by atoms with Crippen LogP contribution in [0.15, 0.2) is 24.3 Å². The largest absolute Gasteiger partial charge is 0.377 e. The zero-order valence-corrected chi connectivity index (χ0v) is 19.6.